The van der Waals surface area contributed by atoms with Crippen molar-refractivity contribution < 1.29 is 5.11 Å². The third-order valence-electron chi connectivity index (χ3n) is 3.10. The lowest BCUT2D eigenvalue weighted by Gasteiger charge is -2.16. The van der Waals surface area contributed by atoms with Crippen molar-refractivity contribution >= 4 is 0 Å². The van der Waals surface area contributed by atoms with Crippen molar-refractivity contribution in [2.45, 2.75) is 52.7 Å². The van der Waals surface area contributed by atoms with E-state index in [-0.39, 0.29) is 17.7 Å². The molecule has 0 bridgehead atoms. The fourth-order valence-corrected chi connectivity index (χ4v) is 2.02. The van der Waals surface area contributed by atoms with Crippen molar-refractivity contribution in [3.8, 4) is 0 Å². The topological polar surface area (TPSA) is 78.0 Å². The summed E-state index contributed by atoms with van der Waals surface area (Å²) in [6.07, 6.45) is 1.17. The zero-order valence-electron chi connectivity index (χ0n) is 11.6. The molecular weight excluding hydrogens is 230 g/mol. The molecule has 0 aromatic carbocycles. The summed E-state index contributed by atoms with van der Waals surface area (Å²) in [5.41, 5.74) is 1.34. The van der Waals surface area contributed by atoms with Crippen LogP contribution in [0.5, 0.6) is 0 Å². The normalized spacial score (nSPS) is 14.5. The Morgan fingerprint density at radius 1 is 1.44 bits per heavy atom. The first kappa shape index (κ1) is 14.9. The molecule has 0 amide bonds. The molecule has 1 rings (SSSR count). The zero-order valence-corrected chi connectivity index (χ0v) is 11.6. The van der Waals surface area contributed by atoms with Crippen LogP contribution in [0.1, 0.15) is 49.8 Å². The van der Waals surface area contributed by atoms with Crippen LogP contribution in [0.25, 0.3) is 0 Å². The number of nitrogens with zero attached hydrogens (tertiary/aromatic N) is 1. The highest BCUT2D eigenvalue weighted by atomic mass is 16.3. The first-order valence-corrected chi connectivity index (χ1v) is 6.44. The van der Waals surface area contributed by atoms with Gasteiger partial charge in [0.1, 0.15) is 5.82 Å². The number of aryl methyl sites for hydroxylation is 2. The van der Waals surface area contributed by atoms with Gasteiger partial charge in [0, 0.05) is 11.7 Å². The highest BCUT2D eigenvalue weighted by Crippen LogP contribution is 2.10. The number of aliphatic hydroxyl groups is 1. The Kier molecular flexibility index (Phi) is 5.50. The van der Waals surface area contributed by atoms with E-state index < -0.39 is 0 Å². The molecular formula is C13H23N3O2. The maximum Gasteiger partial charge on any atom is 0.255 e. The van der Waals surface area contributed by atoms with E-state index in [1.165, 1.54) is 0 Å². The minimum absolute atomic E-state index is 0.0640. The molecule has 1 aromatic rings. The Hall–Kier alpha value is -1.20. The number of nitrogens with one attached hydrogen (secondary N) is 2. The molecule has 0 spiro atoms. The van der Waals surface area contributed by atoms with Crippen molar-refractivity contribution in [2.75, 3.05) is 6.54 Å². The first-order chi connectivity index (χ1) is 8.45. The smallest absolute Gasteiger partial charge is 0.255 e. The molecule has 0 aliphatic carbocycles. The van der Waals surface area contributed by atoms with Crippen LogP contribution in [0, 0.1) is 13.8 Å². The molecule has 0 fully saturated rings. The molecule has 2 atom stereocenters. The Bertz CT molecular complexity index is 442. The van der Waals surface area contributed by atoms with Gasteiger partial charge in [-0.25, -0.2) is 4.98 Å². The average molecular weight is 253 g/mol. The van der Waals surface area contributed by atoms with E-state index in [9.17, 15) is 9.90 Å². The minimum atomic E-state index is -0.278. The second-order valence-corrected chi connectivity index (χ2v) is 4.68. The van der Waals surface area contributed by atoms with Crippen LogP contribution in [0.2, 0.25) is 0 Å². The monoisotopic (exact) mass is 253 g/mol. The van der Waals surface area contributed by atoms with Crippen molar-refractivity contribution in [3.05, 3.63) is 27.4 Å². The molecule has 0 aliphatic rings. The largest absolute Gasteiger partial charge is 0.393 e. The van der Waals surface area contributed by atoms with Crippen LogP contribution < -0.4 is 10.9 Å². The maximum absolute atomic E-state index is 11.9. The van der Waals surface area contributed by atoms with Crippen molar-refractivity contribution in [2.24, 2.45) is 0 Å². The van der Waals surface area contributed by atoms with Gasteiger partial charge in [-0.3, -0.25) is 4.79 Å². The first-order valence-electron chi connectivity index (χ1n) is 6.44. The van der Waals surface area contributed by atoms with Gasteiger partial charge >= 0.3 is 0 Å². The summed E-state index contributed by atoms with van der Waals surface area (Å²) in [5, 5.41) is 12.7. The quantitative estimate of drug-likeness (QED) is 0.712. The van der Waals surface area contributed by atoms with Gasteiger partial charge in [-0.2, -0.15) is 0 Å². The fraction of sp³-hybridized carbons (Fsp3) is 0.692. The number of aromatic nitrogens is 2. The molecule has 5 nitrogen and oxygen atoms in total. The zero-order chi connectivity index (χ0) is 13.7. The van der Waals surface area contributed by atoms with Gasteiger partial charge in [-0.1, -0.05) is 6.92 Å². The van der Waals surface area contributed by atoms with E-state index in [0.717, 1.165) is 12.1 Å². The highest BCUT2D eigenvalue weighted by molar-refractivity contribution is 5.19. The van der Waals surface area contributed by atoms with E-state index in [4.69, 9.17) is 0 Å². The third-order valence-corrected chi connectivity index (χ3v) is 3.10. The van der Waals surface area contributed by atoms with Gasteiger partial charge < -0.3 is 15.4 Å². The molecule has 0 saturated heterocycles. The summed E-state index contributed by atoms with van der Waals surface area (Å²) in [5.74, 6) is 0.634. The fourth-order valence-electron chi connectivity index (χ4n) is 2.02. The molecule has 3 N–H and O–H groups in total. The highest BCUT2D eigenvalue weighted by Gasteiger charge is 2.14. The van der Waals surface area contributed by atoms with Gasteiger partial charge in [0.05, 0.1) is 11.7 Å². The average Bonchev–Trinajstić information content (AvgIpc) is 2.27. The minimum Gasteiger partial charge on any atom is -0.393 e. The predicted molar refractivity (Wildman–Crippen MR) is 71.7 cm³/mol. The van der Waals surface area contributed by atoms with Crippen LogP contribution >= 0.6 is 0 Å². The van der Waals surface area contributed by atoms with Gasteiger partial charge in [0.25, 0.3) is 5.56 Å². The number of rotatable bonds is 6. The second-order valence-electron chi connectivity index (χ2n) is 4.68. The summed E-state index contributed by atoms with van der Waals surface area (Å²) >= 11 is 0. The molecule has 5 heteroatoms. The van der Waals surface area contributed by atoms with Gasteiger partial charge in [-0.05, 0) is 40.2 Å². The van der Waals surface area contributed by atoms with Crippen LogP contribution in [0.4, 0.5) is 0 Å². The van der Waals surface area contributed by atoms with Crippen molar-refractivity contribution in [1.29, 1.82) is 0 Å². The SMILES string of the molecule is CCC(O)CCNC(C)c1c(C)nc(C)[nH]c1=O. The van der Waals surface area contributed by atoms with Gasteiger partial charge in [-0.15, -0.1) is 0 Å². The second kappa shape index (κ2) is 6.66. The Morgan fingerprint density at radius 3 is 2.67 bits per heavy atom. The van der Waals surface area contributed by atoms with Gasteiger partial charge in [0.2, 0.25) is 0 Å². The lowest BCUT2D eigenvalue weighted by molar-refractivity contribution is 0.158. The van der Waals surface area contributed by atoms with Crippen LogP contribution in [-0.2, 0) is 0 Å². The maximum atomic E-state index is 11.9. The molecule has 1 aromatic heterocycles. The standard InChI is InChI=1S/C13H23N3O2/c1-5-11(17)6-7-14-8(2)12-9(3)15-10(4)16-13(12)18/h8,11,14,17H,5-7H2,1-4H3,(H,15,16,18). The van der Waals surface area contributed by atoms with Crippen molar-refractivity contribution in [3.63, 3.8) is 0 Å². The molecule has 18 heavy (non-hydrogen) atoms. The van der Waals surface area contributed by atoms with E-state index in [1.54, 1.807) is 6.92 Å². The summed E-state index contributed by atoms with van der Waals surface area (Å²) in [4.78, 5) is 18.9. The van der Waals surface area contributed by atoms with Gasteiger partial charge in [0.15, 0.2) is 0 Å². The van der Waals surface area contributed by atoms with E-state index >= 15 is 0 Å². The molecule has 2 unspecified atom stereocenters. The Labute approximate surface area is 108 Å². The van der Waals surface area contributed by atoms with Crippen LogP contribution in [0.3, 0.4) is 0 Å². The third kappa shape index (κ3) is 3.92. The summed E-state index contributed by atoms with van der Waals surface area (Å²) < 4.78 is 0. The molecule has 0 radical (unpaired) electrons. The van der Waals surface area contributed by atoms with Crippen molar-refractivity contribution in [1.82, 2.24) is 15.3 Å². The lowest BCUT2D eigenvalue weighted by Crippen LogP contribution is -2.29. The summed E-state index contributed by atoms with van der Waals surface area (Å²) in [6.45, 7) is 8.19. The number of aliphatic hydroxyl groups excluding tert-OH is 1. The number of aromatic amines is 1. The Balaban J connectivity index is 2.67. The molecule has 0 aliphatic heterocycles. The van der Waals surface area contributed by atoms with Crippen LogP contribution in [-0.4, -0.2) is 27.7 Å². The Morgan fingerprint density at radius 2 is 2.11 bits per heavy atom. The number of H-pyrrole nitrogens is 1. The van der Waals surface area contributed by atoms with E-state index in [0.29, 0.717) is 24.4 Å². The number of hydrogen-bond acceptors (Lipinski definition) is 4. The van der Waals surface area contributed by atoms with Crippen LogP contribution in [0.15, 0.2) is 4.79 Å². The molecule has 102 valence electrons. The molecule has 0 saturated carbocycles. The summed E-state index contributed by atoms with van der Waals surface area (Å²) in [6, 6.07) is -0.0640. The summed E-state index contributed by atoms with van der Waals surface area (Å²) in [7, 11) is 0. The lowest BCUT2D eigenvalue weighted by atomic mass is 10.1. The van der Waals surface area contributed by atoms with E-state index in [2.05, 4.69) is 15.3 Å². The predicted octanol–water partition coefficient (Wildman–Crippen LogP) is 1.20. The van der Waals surface area contributed by atoms with E-state index in [1.807, 2.05) is 20.8 Å². The molecule has 1 heterocycles. The number of hydrogen-bond donors (Lipinski definition) is 3.